The van der Waals surface area contributed by atoms with Crippen molar-refractivity contribution < 1.29 is 5.11 Å². The van der Waals surface area contributed by atoms with E-state index in [4.69, 9.17) is 22.3 Å². The number of aliphatic hydroxyl groups excluding tert-OH is 1. The van der Waals surface area contributed by atoms with Crippen LogP contribution in [0.2, 0.25) is 5.02 Å². The summed E-state index contributed by atoms with van der Waals surface area (Å²) in [6, 6.07) is 0.635. The Morgan fingerprint density at radius 1 is 1.27 bits per heavy atom. The molecule has 0 bridgehead atoms. The highest BCUT2D eigenvalue weighted by Crippen LogP contribution is 2.51. The lowest BCUT2D eigenvalue weighted by atomic mass is 9.81. The lowest BCUT2D eigenvalue weighted by molar-refractivity contribution is 0.0968. The molecule has 4 N–H and O–H groups in total. The second kappa shape index (κ2) is 6.99. The molecule has 26 heavy (non-hydrogen) atoms. The molecule has 3 aliphatic carbocycles. The predicted molar refractivity (Wildman–Crippen MR) is 107 cm³/mol. The lowest BCUT2D eigenvalue weighted by Crippen LogP contribution is -2.45. The molecule has 0 saturated heterocycles. The zero-order valence-electron chi connectivity index (χ0n) is 14.3. The number of hydrogen-bond acceptors (Lipinski definition) is 5. The second-order valence-electron chi connectivity index (χ2n) is 7.67. The van der Waals surface area contributed by atoms with Crippen LogP contribution in [0.3, 0.4) is 0 Å². The number of aliphatic hydroxyl groups is 1. The van der Waals surface area contributed by atoms with Gasteiger partial charge in [-0.25, -0.2) is 4.98 Å². The van der Waals surface area contributed by atoms with Crippen molar-refractivity contribution in [3.63, 3.8) is 0 Å². The average Bonchev–Trinajstić information content (AvgIpc) is 3.21. The summed E-state index contributed by atoms with van der Waals surface area (Å²) in [5.41, 5.74) is 8.56. The highest BCUT2D eigenvalue weighted by Gasteiger charge is 2.50. The van der Waals surface area contributed by atoms with E-state index in [0.29, 0.717) is 23.1 Å². The molecule has 1 atom stereocenters. The lowest BCUT2D eigenvalue weighted by Gasteiger charge is -2.34. The predicted octanol–water partition coefficient (Wildman–Crippen LogP) is 2.86. The van der Waals surface area contributed by atoms with Crippen molar-refractivity contribution in [3.8, 4) is 0 Å². The maximum absolute atomic E-state index is 10.8. The Kier molecular flexibility index (Phi) is 5.36. The van der Waals surface area contributed by atoms with E-state index in [1.54, 1.807) is 10.7 Å². The van der Waals surface area contributed by atoms with Gasteiger partial charge in [0.05, 0.1) is 18.0 Å². The number of rotatable bonds is 2. The Labute approximate surface area is 169 Å². The van der Waals surface area contributed by atoms with Gasteiger partial charge in [0, 0.05) is 29.5 Å². The monoisotopic (exact) mass is 419 g/mol. The van der Waals surface area contributed by atoms with Crippen molar-refractivity contribution >= 4 is 47.9 Å². The van der Waals surface area contributed by atoms with E-state index in [9.17, 15) is 5.11 Å². The molecule has 2 heterocycles. The van der Waals surface area contributed by atoms with Crippen molar-refractivity contribution in [2.75, 3.05) is 5.32 Å². The van der Waals surface area contributed by atoms with Crippen molar-refractivity contribution in [1.29, 1.82) is 0 Å². The molecule has 5 rings (SSSR count). The van der Waals surface area contributed by atoms with Gasteiger partial charge in [0.1, 0.15) is 10.8 Å². The quantitative estimate of drug-likeness (QED) is 0.695. The van der Waals surface area contributed by atoms with E-state index in [-0.39, 0.29) is 42.4 Å². The van der Waals surface area contributed by atoms with Gasteiger partial charge in [-0.1, -0.05) is 24.4 Å². The topological polar surface area (TPSA) is 88.5 Å². The number of anilines is 1. The van der Waals surface area contributed by atoms with Gasteiger partial charge in [-0.3, -0.25) is 0 Å². The molecule has 3 aliphatic rings. The number of halogens is 3. The minimum absolute atomic E-state index is 0. The third kappa shape index (κ3) is 2.69. The molecule has 2 saturated carbocycles. The van der Waals surface area contributed by atoms with Crippen LogP contribution in [0.1, 0.15) is 49.8 Å². The third-order valence-electron chi connectivity index (χ3n) is 6.22. The smallest absolute Gasteiger partial charge is 0.176 e. The van der Waals surface area contributed by atoms with Crippen LogP contribution in [0.25, 0.3) is 5.65 Å². The van der Waals surface area contributed by atoms with E-state index in [2.05, 4.69) is 10.4 Å². The zero-order chi connectivity index (χ0) is 16.5. The molecule has 1 spiro atoms. The van der Waals surface area contributed by atoms with Gasteiger partial charge in [-0.15, -0.1) is 24.8 Å². The minimum atomic E-state index is -0.363. The largest absolute Gasteiger partial charge is 0.392 e. The molecular weight excluding hydrogens is 397 g/mol. The van der Waals surface area contributed by atoms with Crippen LogP contribution in [-0.4, -0.2) is 37.9 Å². The van der Waals surface area contributed by atoms with Crippen LogP contribution in [0.5, 0.6) is 0 Å². The van der Waals surface area contributed by atoms with Crippen LogP contribution >= 0.6 is 36.4 Å². The summed E-state index contributed by atoms with van der Waals surface area (Å²) >= 11 is 6.33. The summed E-state index contributed by atoms with van der Waals surface area (Å²) in [5, 5.41) is 19.4. The number of fused-ring (bicyclic) bond motifs is 3. The standard InChI is InChI=1S/C17H22ClN5O.2ClH/c18-12-8-20-23-15(21-10-5-9(19)6-10)11-7-13(24)17(3-1-2-4-17)14(11)22-16(12)23;;/h8-10,13,21,24H,1-7,19H2;2*1H. The fraction of sp³-hybridized carbons (Fsp3) is 0.647. The van der Waals surface area contributed by atoms with Crippen LogP contribution in [0, 0.1) is 0 Å². The number of nitrogens with one attached hydrogen (secondary N) is 1. The summed E-state index contributed by atoms with van der Waals surface area (Å²) in [5.74, 6) is 0.946. The van der Waals surface area contributed by atoms with E-state index in [1.165, 1.54) is 0 Å². The van der Waals surface area contributed by atoms with Crippen LogP contribution < -0.4 is 11.1 Å². The van der Waals surface area contributed by atoms with Gasteiger partial charge >= 0.3 is 0 Å². The first-order valence-electron chi connectivity index (χ1n) is 8.85. The Morgan fingerprint density at radius 3 is 2.62 bits per heavy atom. The maximum Gasteiger partial charge on any atom is 0.176 e. The van der Waals surface area contributed by atoms with Crippen LogP contribution in [-0.2, 0) is 11.8 Å². The Balaban J connectivity index is 0.000000980. The van der Waals surface area contributed by atoms with Crippen molar-refractivity contribution in [2.45, 2.75) is 68.5 Å². The van der Waals surface area contributed by atoms with Gasteiger partial charge in [0.15, 0.2) is 5.65 Å². The van der Waals surface area contributed by atoms with Gasteiger partial charge in [-0.05, 0) is 25.7 Å². The molecule has 144 valence electrons. The Bertz CT molecular complexity index is 814. The molecule has 1 unspecified atom stereocenters. The van der Waals surface area contributed by atoms with Gasteiger partial charge in [0.2, 0.25) is 0 Å². The first-order valence-corrected chi connectivity index (χ1v) is 9.23. The number of nitrogens with two attached hydrogens (primary N) is 1. The summed E-state index contributed by atoms with van der Waals surface area (Å²) in [4.78, 5) is 4.87. The fourth-order valence-corrected chi connectivity index (χ4v) is 5.01. The first kappa shape index (κ1) is 20.0. The second-order valence-corrected chi connectivity index (χ2v) is 8.08. The average molecular weight is 421 g/mol. The summed E-state index contributed by atoms with van der Waals surface area (Å²) in [6.45, 7) is 0. The maximum atomic E-state index is 10.8. The van der Waals surface area contributed by atoms with Crippen molar-refractivity contribution in [2.24, 2.45) is 5.73 Å². The Hall–Kier alpha value is -0.790. The normalized spacial score (nSPS) is 28.3. The van der Waals surface area contributed by atoms with E-state index >= 15 is 0 Å². The summed E-state index contributed by atoms with van der Waals surface area (Å²) < 4.78 is 1.80. The summed E-state index contributed by atoms with van der Waals surface area (Å²) in [7, 11) is 0. The van der Waals surface area contributed by atoms with E-state index in [1.807, 2.05) is 0 Å². The molecular formula is C17H24Cl3N5O. The number of hydrogen-bond donors (Lipinski definition) is 3. The molecule has 0 radical (unpaired) electrons. The van der Waals surface area contributed by atoms with Gasteiger partial charge in [-0.2, -0.15) is 9.61 Å². The zero-order valence-corrected chi connectivity index (χ0v) is 16.7. The Morgan fingerprint density at radius 2 is 1.96 bits per heavy atom. The SMILES string of the molecule is Cl.Cl.NC1CC(Nc2c3c(nc4c(Cl)cnn24)C2(CCCC2)C(O)C3)C1. The van der Waals surface area contributed by atoms with Crippen LogP contribution in [0.4, 0.5) is 5.82 Å². The van der Waals surface area contributed by atoms with E-state index < -0.39 is 0 Å². The highest BCUT2D eigenvalue weighted by molar-refractivity contribution is 6.33. The van der Waals surface area contributed by atoms with Crippen molar-refractivity contribution in [3.05, 3.63) is 22.5 Å². The van der Waals surface area contributed by atoms with E-state index in [0.717, 1.165) is 55.6 Å². The molecule has 0 amide bonds. The molecule has 0 aliphatic heterocycles. The number of nitrogens with zero attached hydrogens (tertiary/aromatic N) is 3. The summed E-state index contributed by atoms with van der Waals surface area (Å²) in [6.07, 6.45) is 8.15. The fourth-order valence-electron chi connectivity index (χ4n) is 4.85. The molecule has 9 heteroatoms. The van der Waals surface area contributed by atoms with Gasteiger partial charge < -0.3 is 16.2 Å². The molecule has 6 nitrogen and oxygen atoms in total. The molecule has 2 aromatic rings. The molecule has 2 aromatic heterocycles. The van der Waals surface area contributed by atoms with Gasteiger partial charge in [0.25, 0.3) is 0 Å². The minimum Gasteiger partial charge on any atom is -0.392 e. The molecule has 2 fully saturated rings. The van der Waals surface area contributed by atoms with Crippen LogP contribution in [0.15, 0.2) is 6.20 Å². The van der Waals surface area contributed by atoms with Crippen molar-refractivity contribution in [1.82, 2.24) is 14.6 Å². The first-order chi connectivity index (χ1) is 11.6. The number of aromatic nitrogens is 3. The third-order valence-corrected chi connectivity index (χ3v) is 6.49. The molecule has 0 aromatic carbocycles. The highest BCUT2D eigenvalue weighted by atomic mass is 35.5.